The zero-order valence-electron chi connectivity index (χ0n) is 9.91. The Morgan fingerprint density at radius 3 is 2.72 bits per heavy atom. The van der Waals surface area contributed by atoms with Gasteiger partial charge in [-0.1, -0.05) is 42.6 Å². The first-order valence-electron chi connectivity index (χ1n) is 5.76. The minimum atomic E-state index is -0.950. The van der Waals surface area contributed by atoms with Gasteiger partial charge in [-0.05, 0) is 12.5 Å². The topological polar surface area (TPSA) is 42.2 Å². The largest absolute Gasteiger partial charge is 0.478 e. The summed E-state index contributed by atoms with van der Waals surface area (Å²) >= 11 is 12.2. The van der Waals surface area contributed by atoms with E-state index in [1.54, 1.807) is 18.3 Å². The molecule has 0 unspecified atom stereocenters. The van der Waals surface area contributed by atoms with Gasteiger partial charge in [-0.2, -0.15) is 0 Å². The number of carboxylic acid groups (broad SMARTS) is 1. The normalized spacial score (nSPS) is 11.1. The van der Waals surface area contributed by atoms with Gasteiger partial charge in [0.05, 0.1) is 21.1 Å². The predicted octanol–water partition coefficient (Wildman–Crippen LogP) is 4.45. The quantitative estimate of drug-likeness (QED) is 0.902. The van der Waals surface area contributed by atoms with Crippen LogP contribution >= 0.6 is 23.2 Å². The van der Waals surface area contributed by atoms with Crippen LogP contribution in [0.15, 0.2) is 18.3 Å². The maximum absolute atomic E-state index is 11.2. The molecule has 3 nitrogen and oxygen atoms in total. The first-order chi connectivity index (χ1) is 8.56. The van der Waals surface area contributed by atoms with Crippen molar-refractivity contribution < 1.29 is 9.90 Å². The minimum Gasteiger partial charge on any atom is -0.478 e. The summed E-state index contributed by atoms with van der Waals surface area (Å²) in [6, 6.07) is 3.33. The number of rotatable bonds is 4. The van der Waals surface area contributed by atoms with E-state index in [0.717, 1.165) is 19.4 Å². The number of fused-ring (bicyclic) bond motifs is 1. The Morgan fingerprint density at radius 2 is 2.11 bits per heavy atom. The molecule has 0 atom stereocenters. The zero-order chi connectivity index (χ0) is 13.3. The molecular weight excluding hydrogens is 273 g/mol. The standard InChI is InChI=1S/C13H13Cl2NO2/c1-2-3-6-16-7-9(13(17)18)8-4-5-10(14)11(15)12(8)16/h4-5,7H,2-3,6H2,1H3,(H,17,18). The van der Waals surface area contributed by atoms with Crippen molar-refractivity contribution >= 4 is 40.1 Å². The number of nitrogens with zero attached hydrogens (tertiary/aromatic N) is 1. The van der Waals surface area contributed by atoms with Crippen LogP contribution in [0.5, 0.6) is 0 Å². The number of hydrogen-bond acceptors (Lipinski definition) is 1. The van der Waals surface area contributed by atoms with Crippen molar-refractivity contribution in [2.24, 2.45) is 0 Å². The number of carbonyl (C=O) groups is 1. The van der Waals surface area contributed by atoms with E-state index >= 15 is 0 Å². The number of aromatic carboxylic acids is 1. The molecule has 0 aliphatic heterocycles. The molecule has 0 aliphatic rings. The van der Waals surface area contributed by atoms with Gasteiger partial charge in [0.25, 0.3) is 0 Å². The molecule has 0 amide bonds. The van der Waals surface area contributed by atoms with Gasteiger partial charge in [-0.25, -0.2) is 4.79 Å². The third kappa shape index (κ3) is 2.20. The highest BCUT2D eigenvalue weighted by molar-refractivity contribution is 6.45. The van der Waals surface area contributed by atoms with E-state index in [1.165, 1.54) is 0 Å². The SMILES string of the molecule is CCCCn1cc(C(=O)O)c2ccc(Cl)c(Cl)c21. The van der Waals surface area contributed by atoms with Crippen molar-refractivity contribution in [3.8, 4) is 0 Å². The summed E-state index contributed by atoms with van der Waals surface area (Å²) in [5, 5.41) is 10.7. The van der Waals surface area contributed by atoms with Gasteiger partial charge >= 0.3 is 5.97 Å². The third-order valence-electron chi connectivity index (χ3n) is 2.91. The van der Waals surface area contributed by atoms with Gasteiger partial charge in [0.2, 0.25) is 0 Å². The van der Waals surface area contributed by atoms with Crippen molar-refractivity contribution in [1.82, 2.24) is 4.57 Å². The maximum atomic E-state index is 11.2. The minimum absolute atomic E-state index is 0.264. The lowest BCUT2D eigenvalue weighted by Crippen LogP contribution is -1.97. The van der Waals surface area contributed by atoms with Crippen molar-refractivity contribution in [1.29, 1.82) is 0 Å². The third-order valence-corrected chi connectivity index (χ3v) is 3.71. The number of benzene rings is 1. The van der Waals surface area contributed by atoms with Crippen LogP contribution in [0.4, 0.5) is 0 Å². The number of carboxylic acids is 1. The fourth-order valence-corrected chi connectivity index (χ4v) is 2.43. The van der Waals surface area contributed by atoms with E-state index in [9.17, 15) is 9.90 Å². The second kappa shape index (κ2) is 5.21. The fraction of sp³-hybridized carbons (Fsp3) is 0.308. The molecule has 1 aromatic heterocycles. The van der Waals surface area contributed by atoms with Gasteiger partial charge in [0.15, 0.2) is 0 Å². The lowest BCUT2D eigenvalue weighted by atomic mass is 10.2. The van der Waals surface area contributed by atoms with Crippen molar-refractivity contribution in [3.63, 3.8) is 0 Å². The fourth-order valence-electron chi connectivity index (χ4n) is 2.00. The van der Waals surface area contributed by atoms with E-state index in [-0.39, 0.29) is 5.56 Å². The molecule has 0 saturated carbocycles. The van der Waals surface area contributed by atoms with Crippen LogP contribution in [0, 0.1) is 0 Å². The summed E-state index contributed by atoms with van der Waals surface area (Å²) in [5.41, 5.74) is 0.967. The molecule has 5 heteroatoms. The molecular formula is C13H13Cl2NO2. The Bertz CT molecular complexity index is 605. The number of aryl methyl sites for hydroxylation is 1. The molecule has 0 bridgehead atoms. The van der Waals surface area contributed by atoms with Gasteiger partial charge in [0, 0.05) is 18.1 Å². The summed E-state index contributed by atoms with van der Waals surface area (Å²) in [7, 11) is 0. The van der Waals surface area contributed by atoms with Crippen LogP contribution in [0.3, 0.4) is 0 Å². The highest BCUT2D eigenvalue weighted by Gasteiger charge is 2.17. The predicted molar refractivity (Wildman–Crippen MR) is 73.8 cm³/mol. The number of halogens is 2. The Kier molecular flexibility index (Phi) is 3.83. The molecule has 0 aliphatic carbocycles. The van der Waals surface area contributed by atoms with E-state index in [4.69, 9.17) is 23.2 Å². The second-order valence-corrected chi connectivity index (χ2v) is 4.94. The molecule has 0 spiro atoms. The summed E-state index contributed by atoms with van der Waals surface area (Å²) < 4.78 is 1.87. The summed E-state index contributed by atoms with van der Waals surface area (Å²) in [5.74, 6) is -0.950. The molecule has 18 heavy (non-hydrogen) atoms. The number of hydrogen-bond donors (Lipinski definition) is 1. The lowest BCUT2D eigenvalue weighted by molar-refractivity contribution is 0.0699. The van der Waals surface area contributed by atoms with Gasteiger partial charge < -0.3 is 9.67 Å². The summed E-state index contributed by atoms with van der Waals surface area (Å²) in [4.78, 5) is 11.2. The highest BCUT2D eigenvalue weighted by Crippen LogP contribution is 2.34. The van der Waals surface area contributed by atoms with Gasteiger partial charge in [0.1, 0.15) is 0 Å². The molecule has 96 valence electrons. The Balaban J connectivity index is 2.69. The van der Waals surface area contributed by atoms with E-state index < -0.39 is 5.97 Å². The summed E-state index contributed by atoms with van der Waals surface area (Å²) in [6.07, 6.45) is 3.62. The highest BCUT2D eigenvalue weighted by atomic mass is 35.5. The van der Waals surface area contributed by atoms with Crippen molar-refractivity contribution in [2.75, 3.05) is 0 Å². The van der Waals surface area contributed by atoms with Crippen LogP contribution in [-0.2, 0) is 6.54 Å². The zero-order valence-corrected chi connectivity index (χ0v) is 11.4. The van der Waals surface area contributed by atoms with Crippen LogP contribution < -0.4 is 0 Å². The summed E-state index contributed by atoms with van der Waals surface area (Å²) in [6.45, 7) is 2.82. The first-order valence-corrected chi connectivity index (χ1v) is 6.52. The Labute approximate surface area is 115 Å². The number of aromatic nitrogens is 1. The average Bonchev–Trinajstić information content (AvgIpc) is 2.71. The van der Waals surface area contributed by atoms with E-state index in [2.05, 4.69) is 6.92 Å². The lowest BCUT2D eigenvalue weighted by Gasteiger charge is -2.06. The Morgan fingerprint density at radius 1 is 1.39 bits per heavy atom. The van der Waals surface area contributed by atoms with Crippen LogP contribution in [0.25, 0.3) is 10.9 Å². The van der Waals surface area contributed by atoms with Crippen molar-refractivity contribution in [2.45, 2.75) is 26.3 Å². The molecule has 1 N–H and O–H groups in total. The second-order valence-electron chi connectivity index (χ2n) is 4.15. The Hall–Kier alpha value is -1.19. The first kappa shape index (κ1) is 13.2. The monoisotopic (exact) mass is 285 g/mol. The van der Waals surface area contributed by atoms with Gasteiger partial charge in [-0.3, -0.25) is 0 Å². The van der Waals surface area contributed by atoms with E-state index in [0.29, 0.717) is 20.9 Å². The smallest absolute Gasteiger partial charge is 0.337 e. The van der Waals surface area contributed by atoms with Crippen molar-refractivity contribution in [3.05, 3.63) is 33.9 Å². The van der Waals surface area contributed by atoms with Crippen LogP contribution in [-0.4, -0.2) is 15.6 Å². The average molecular weight is 286 g/mol. The molecule has 0 fully saturated rings. The molecule has 1 heterocycles. The number of unbranched alkanes of at least 4 members (excludes halogenated alkanes) is 1. The molecule has 0 radical (unpaired) electrons. The van der Waals surface area contributed by atoms with Gasteiger partial charge in [-0.15, -0.1) is 0 Å². The van der Waals surface area contributed by atoms with Crippen LogP contribution in [0.2, 0.25) is 10.0 Å². The van der Waals surface area contributed by atoms with E-state index in [1.807, 2.05) is 4.57 Å². The molecule has 2 aromatic rings. The van der Waals surface area contributed by atoms with Crippen LogP contribution in [0.1, 0.15) is 30.1 Å². The molecule has 2 rings (SSSR count). The molecule has 0 saturated heterocycles. The maximum Gasteiger partial charge on any atom is 0.337 e. The molecule has 1 aromatic carbocycles.